The van der Waals surface area contributed by atoms with E-state index in [0.29, 0.717) is 11.0 Å². The molecule has 2 saturated heterocycles. The van der Waals surface area contributed by atoms with Crippen molar-refractivity contribution < 1.29 is 4.79 Å². The molecule has 0 aromatic carbocycles. The van der Waals surface area contributed by atoms with E-state index in [1.54, 1.807) is 0 Å². The average molecular weight is 285 g/mol. The second-order valence-corrected chi connectivity index (χ2v) is 6.80. The summed E-state index contributed by atoms with van der Waals surface area (Å²) in [6, 6.07) is 0. The number of likely N-dealkylation sites (tertiary alicyclic amines) is 1. The van der Waals surface area contributed by atoms with Crippen LogP contribution in [0.5, 0.6) is 0 Å². The Labute approximate surface area is 121 Å². The summed E-state index contributed by atoms with van der Waals surface area (Å²) in [7, 11) is 0. The van der Waals surface area contributed by atoms with Gasteiger partial charge in [0, 0.05) is 11.8 Å². The summed E-state index contributed by atoms with van der Waals surface area (Å²) in [4.78, 5) is 14.2. The van der Waals surface area contributed by atoms with E-state index in [1.165, 1.54) is 38.8 Å². The number of amides is 1. The molecule has 2 fully saturated rings. The Hall–Kier alpha value is -0.260. The van der Waals surface area contributed by atoms with E-state index in [-0.39, 0.29) is 5.91 Å². The Morgan fingerprint density at radius 3 is 2.74 bits per heavy atom. The number of nitrogens with zero attached hydrogens (tertiary/aromatic N) is 1. The number of carbonyl (C=O) groups excluding carboxylic acids is 1. The van der Waals surface area contributed by atoms with Gasteiger partial charge in [-0.25, -0.2) is 0 Å². The van der Waals surface area contributed by atoms with Crippen molar-refractivity contribution in [2.45, 2.75) is 37.4 Å². The Morgan fingerprint density at radius 1 is 1.26 bits per heavy atom. The van der Waals surface area contributed by atoms with Crippen LogP contribution in [0.15, 0.2) is 0 Å². The van der Waals surface area contributed by atoms with Crippen LogP contribution in [-0.2, 0) is 4.79 Å². The third-order valence-corrected chi connectivity index (χ3v) is 5.28. The first-order chi connectivity index (χ1) is 9.34. The highest BCUT2D eigenvalue weighted by atomic mass is 32.2. The van der Waals surface area contributed by atoms with Crippen molar-refractivity contribution in [1.29, 1.82) is 0 Å². The number of carbonyl (C=O) groups is 1. The first-order valence-electron chi connectivity index (χ1n) is 7.66. The average Bonchev–Trinajstić information content (AvgIpc) is 2.96. The molecule has 2 aliphatic rings. The van der Waals surface area contributed by atoms with E-state index in [0.717, 1.165) is 32.6 Å². The zero-order valence-corrected chi connectivity index (χ0v) is 12.6. The van der Waals surface area contributed by atoms with Crippen molar-refractivity contribution in [3.8, 4) is 0 Å². The van der Waals surface area contributed by atoms with Gasteiger partial charge in [0.05, 0.1) is 5.75 Å². The van der Waals surface area contributed by atoms with Crippen molar-refractivity contribution >= 4 is 17.7 Å². The van der Waals surface area contributed by atoms with E-state index in [9.17, 15) is 4.79 Å². The normalized spacial score (nSPS) is 21.7. The van der Waals surface area contributed by atoms with Gasteiger partial charge in [0.2, 0.25) is 5.91 Å². The van der Waals surface area contributed by atoms with Crippen LogP contribution < -0.4 is 10.6 Å². The molecule has 2 heterocycles. The van der Waals surface area contributed by atoms with E-state index >= 15 is 0 Å². The van der Waals surface area contributed by atoms with E-state index in [2.05, 4.69) is 15.5 Å². The Balaban J connectivity index is 1.45. The third kappa shape index (κ3) is 6.15. The van der Waals surface area contributed by atoms with Crippen molar-refractivity contribution in [2.75, 3.05) is 45.0 Å². The maximum atomic E-state index is 11.7. The molecule has 0 aliphatic carbocycles. The van der Waals surface area contributed by atoms with E-state index in [4.69, 9.17) is 0 Å². The van der Waals surface area contributed by atoms with Crippen LogP contribution in [0, 0.1) is 0 Å². The van der Waals surface area contributed by atoms with Gasteiger partial charge in [0.1, 0.15) is 0 Å². The van der Waals surface area contributed by atoms with Crippen molar-refractivity contribution in [3.63, 3.8) is 0 Å². The minimum absolute atomic E-state index is 0.213. The van der Waals surface area contributed by atoms with Gasteiger partial charge in [0.15, 0.2) is 0 Å². The molecule has 4 nitrogen and oxygen atoms in total. The van der Waals surface area contributed by atoms with Gasteiger partial charge in [-0.1, -0.05) is 0 Å². The molecule has 0 aromatic heterocycles. The summed E-state index contributed by atoms with van der Waals surface area (Å²) in [6.45, 7) is 6.69. The monoisotopic (exact) mass is 285 g/mol. The first-order valence-corrected chi connectivity index (χ1v) is 8.71. The second kappa shape index (κ2) is 8.82. The van der Waals surface area contributed by atoms with Gasteiger partial charge in [-0.3, -0.25) is 4.79 Å². The first kappa shape index (κ1) is 15.1. The lowest BCUT2D eigenvalue weighted by Gasteiger charge is -2.21. The highest BCUT2D eigenvalue weighted by Gasteiger charge is 2.15. The van der Waals surface area contributed by atoms with Crippen LogP contribution >= 0.6 is 11.8 Å². The minimum Gasteiger partial charge on any atom is -0.355 e. The molecule has 2 aliphatic heterocycles. The molecule has 2 N–H and O–H groups in total. The summed E-state index contributed by atoms with van der Waals surface area (Å²) in [5.41, 5.74) is 0. The van der Waals surface area contributed by atoms with E-state index in [1.807, 2.05) is 11.8 Å². The van der Waals surface area contributed by atoms with Crippen LogP contribution in [0.3, 0.4) is 0 Å². The molecule has 2 rings (SSSR count). The number of thioether (sulfide) groups is 1. The van der Waals surface area contributed by atoms with Gasteiger partial charge in [-0.15, -0.1) is 11.8 Å². The third-order valence-electron chi connectivity index (χ3n) is 3.91. The maximum Gasteiger partial charge on any atom is 0.230 e. The number of piperidine rings is 1. The van der Waals surface area contributed by atoms with Gasteiger partial charge in [-0.05, 0) is 64.8 Å². The fourth-order valence-corrected chi connectivity index (χ4v) is 3.80. The Morgan fingerprint density at radius 2 is 2.00 bits per heavy atom. The Kier molecular flexibility index (Phi) is 7.03. The lowest BCUT2D eigenvalue weighted by atomic mass is 10.2. The van der Waals surface area contributed by atoms with Crippen LogP contribution in [0.25, 0.3) is 0 Å². The molecule has 0 bridgehead atoms. The molecule has 1 amide bonds. The molecule has 0 aromatic rings. The lowest BCUT2D eigenvalue weighted by molar-refractivity contribution is -0.118. The maximum absolute atomic E-state index is 11.7. The lowest BCUT2D eigenvalue weighted by Crippen LogP contribution is -2.32. The molecule has 19 heavy (non-hydrogen) atoms. The fraction of sp³-hybridized carbons (Fsp3) is 0.929. The van der Waals surface area contributed by atoms with Crippen molar-refractivity contribution in [1.82, 2.24) is 15.5 Å². The standard InChI is InChI=1S/C14H27N3OS/c18-14(12-19-13-4-7-15-8-5-13)16-6-3-11-17-9-1-2-10-17/h13,15H,1-12H2,(H,16,18). The van der Waals surface area contributed by atoms with E-state index < -0.39 is 0 Å². The zero-order chi connectivity index (χ0) is 13.3. The van der Waals surface area contributed by atoms with Gasteiger partial charge in [-0.2, -0.15) is 0 Å². The van der Waals surface area contributed by atoms with Crippen LogP contribution in [0.2, 0.25) is 0 Å². The summed E-state index contributed by atoms with van der Waals surface area (Å²) in [5.74, 6) is 0.846. The molecule has 110 valence electrons. The summed E-state index contributed by atoms with van der Waals surface area (Å²) >= 11 is 1.83. The molecule has 0 spiro atoms. The molecule has 0 atom stereocenters. The molecular formula is C14H27N3OS. The number of hydrogen-bond acceptors (Lipinski definition) is 4. The topological polar surface area (TPSA) is 44.4 Å². The van der Waals surface area contributed by atoms with Gasteiger partial charge >= 0.3 is 0 Å². The molecule has 5 heteroatoms. The number of nitrogens with one attached hydrogen (secondary N) is 2. The SMILES string of the molecule is O=C(CSC1CCNCC1)NCCCN1CCCC1. The number of hydrogen-bond donors (Lipinski definition) is 2. The van der Waals surface area contributed by atoms with Gasteiger partial charge in [0.25, 0.3) is 0 Å². The Bertz CT molecular complexity index is 263. The second-order valence-electron chi connectivity index (χ2n) is 5.51. The molecular weight excluding hydrogens is 258 g/mol. The predicted molar refractivity (Wildman–Crippen MR) is 81.7 cm³/mol. The summed E-state index contributed by atoms with van der Waals surface area (Å²) < 4.78 is 0. The number of rotatable bonds is 7. The minimum atomic E-state index is 0.213. The van der Waals surface area contributed by atoms with Crippen LogP contribution in [-0.4, -0.2) is 61.1 Å². The van der Waals surface area contributed by atoms with Gasteiger partial charge < -0.3 is 15.5 Å². The highest BCUT2D eigenvalue weighted by Crippen LogP contribution is 2.19. The largest absolute Gasteiger partial charge is 0.355 e. The van der Waals surface area contributed by atoms with Crippen LogP contribution in [0.1, 0.15) is 32.1 Å². The molecule has 0 unspecified atom stereocenters. The predicted octanol–water partition coefficient (Wildman–Crippen LogP) is 1.07. The molecule has 0 radical (unpaired) electrons. The molecule has 0 saturated carbocycles. The summed E-state index contributed by atoms with van der Waals surface area (Å²) in [5, 5.41) is 7.07. The smallest absolute Gasteiger partial charge is 0.230 e. The van der Waals surface area contributed by atoms with Crippen LogP contribution in [0.4, 0.5) is 0 Å². The van der Waals surface area contributed by atoms with Crippen molar-refractivity contribution in [3.05, 3.63) is 0 Å². The van der Waals surface area contributed by atoms with Crippen molar-refractivity contribution in [2.24, 2.45) is 0 Å². The quantitative estimate of drug-likeness (QED) is 0.687. The zero-order valence-electron chi connectivity index (χ0n) is 11.8. The fourth-order valence-electron chi connectivity index (χ4n) is 2.74. The summed E-state index contributed by atoms with van der Waals surface area (Å²) in [6.07, 6.45) is 6.18. The highest BCUT2D eigenvalue weighted by molar-refractivity contribution is 8.00.